The Hall–Kier alpha value is -2.05. The second-order valence-electron chi connectivity index (χ2n) is 7.59. The molecule has 30 heavy (non-hydrogen) atoms. The van der Waals surface area contributed by atoms with Crippen LogP contribution in [0.15, 0.2) is 30.3 Å². The van der Waals surface area contributed by atoms with Crippen LogP contribution in [0, 0.1) is 17.5 Å². The molecule has 0 bridgehead atoms. The van der Waals surface area contributed by atoms with Gasteiger partial charge in [0, 0.05) is 18.1 Å². The predicted octanol–water partition coefficient (Wildman–Crippen LogP) is 6.60. The molecule has 2 aromatic rings. The van der Waals surface area contributed by atoms with Gasteiger partial charge in [0.2, 0.25) is 5.82 Å². The molecule has 2 unspecified atom stereocenters. The summed E-state index contributed by atoms with van der Waals surface area (Å²) in [7, 11) is 0. The summed E-state index contributed by atoms with van der Waals surface area (Å²) in [6, 6.07) is 7.32. The Labute approximate surface area is 176 Å². The highest BCUT2D eigenvalue weighted by Gasteiger charge is 2.26. The van der Waals surface area contributed by atoms with Crippen LogP contribution >= 0.6 is 0 Å². The van der Waals surface area contributed by atoms with Crippen LogP contribution in [0.4, 0.5) is 13.2 Å². The molecule has 2 aromatic carbocycles. The van der Waals surface area contributed by atoms with Gasteiger partial charge in [-0.25, -0.2) is 8.78 Å². The standard InChI is InChI=1S/C24H29F3O3/c1-3-5-13-28-21-10-9-19(23(26)24(21)27)16-6-8-18(20(25)14-16)17-7-11-22(30-15-17)29-12-4-2/h6,8-10,14,17,22H,3-5,7,11-13,15H2,1-2H3. The molecule has 2 atom stereocenters. The van der Waals surface area contributed by atoms with E-state index in [1.165, 1.54) is 18.2 Å². The van der Waals surface area contributed by atoms with Crippen molar-refractivity contribution in [1.82, 2.24) is 0 Å². The Morgan fingerprint density at radius 2 is 1.80 bits per heavy atom. The average molecular weight is 422 g/mol. The fourth-order valence-electron chi connectivity index (χ4n) is 3.57. The third-order valence-corrected chi connectivity index (χ3v) is 5.30. The van der Waals surface area contributed by atoms with Crippen molar-refractivity contribution in [3.8, 4) is 16.9 Å². The summed E-state index contributed by atoms with van der Waals surface area (Å²) in [5, 5.41) is 0. The summed E-state index contributed by atoms with van der Waals surface area (Å²) in [5.74, 6) is -2.74. The van der Waals surface area contributed by atoms with Gasteiger partial charge in [-0.1, -0.05) is 32.4 Å². The molecule has 1 saturated heterocycles. The van der Waals surface area contributed by atoms with Gasteiger partial charge in [0.05, 0.1) is 13.2 Å². The van der Waals surface area contributed by atoms with Crippen LogP contribution < -0.4 is 4.74 Å². The summed E-state index contributed by atoms with van der Waals surface area (Å²) >= 11 is 0. The zero-order valence-corrected chi connectivity index (χ0v) is 17.6. The van der Waals surface area contributed by atoms with Gasteiger partial charge >= 0.3 is 0 Å². The lowest BCUT2D eigenvalue weighted by molar-refractivity contribution is -0.167. The molecular weight excluding hydrogens is 393 g/mol. The maximum absolute atomic E-state index is 14.8. The average Bonchev–Trinajstić information content (AvgIpc) is 2.76. The molecule has 0 saturated carbocycles. The Balaban J connectivity index is 1.72. The van der Waals surface area contributed by atoms with Crippen LogP contribution in [0.25, 0.3) is 11.1 Å². The lowest BCUT2D eigenvalue weighted by atomic mass is 9.91. The predicted molar refractivity (Wildman–Crippen MR) is 110 cm³/mol. The summed E-state index contributed by atoms with van der Waals surface area (Å²) in [6.07, 6.45) is 3.78. The fraction of sp³-hybridized carbons (Fsp3) is 0.500. The number of benzene rings is 2. The van der Waals surface area contributed by atoms with E-state index < -0.39 is 17.5 Å². The van der Waals surface area contributed by atoms with E-state index in [-0.39, 0.29) is 29.1 Å². The molecular formula is C24H29F3O3. The van der Waals surface area contributed by atoms with Crippen molar-refractivity contribution in [3.63, 3.8) is 0 Å². The van der Waals surface area contributed by atoms with Gasteiger partial charge in [-0.05, 0) is 55.0 Å². The van der Waals surface area contributed by atoms with Crippen molar-refractivity contribution in [2.75, 3.05) is 19.8 Å². The first-order valence-corrected chi connectivity index (χ1v) is 10.7. The van der Waals surface area contributed by atoms with E-state index >= 15 is 0 Å². The van der Waals surface area contributed by atoms with E-state index in [0.717, 1.165) is 25.7 Å². The number of ether oxygens (including phenoxy) is 3. The van der Waals surface area contributed by atoms with Gasteiger partial charge in [-0.2, -0.15) is 4.39 Å². The van der Waals surface area contributed by atoms with Crippen molar-refractivity contribution in [1.29, 1.82) is 0 Å². The topological polar surface area (TPSA) is 27.7 Å². The molecule has 0 aliphatic carbocycles. The van der Waals surface area contributed by atoms with Gasteiger partial charge in [0.25, 0.3) is 0 Å². The Bertz CT molecular complexity index is 833. The Kier molecular flexibility index (Phi) is 8.16. The number of hydrogen-bond donors (Lipinski definition) is 0. The molecule has 6 heteroatoms. The first-order valence-electron chi connectivity index (χ1n) is 10.7. The molecule has 1 aliphatic rings. The minimum Gasteiger partial charge on any atom is -0.490 e. The summed E-state index contributed by atoms with van der Waals surface area (Å²) < 4.78 is 60.3. The van der Waals surface area contributed by atoms with E-state index in [2.05, 4.69) is 0 Å². The van der Waals surface area contributed by atoms with Crippen LogP contribution in [0.1, 0.15) is 57.4 Å². The van der Waals surface area contributed by atoms with Gasteiger partial charge in [0.1, 0.15) is 5.82 Å². The first-order chi connectivity index (χ1) is 14.5. The molecule has 0 aromatic heterocycles. The number of unbranched alkanes of at least 4 members (excludes halogenated alkanes) is 1. The van der Waals surface area contributed by atoms with Crippen LogP contribution in [0.3, 0.4) is 0 Å². The molecule has 164 valence electrons. The number of rotatable bonds is 9. The van der Waals surface area contributed by atoms with Crippen LogP contribution in [0.2, 0.25) is 0 Å². The highest BCUT2D eigenvalue weighted by molar-refractivity contribution is 5.66. The molecule has 0 amide bonds. The molecule has 0 radical (unpaired) electrons. The van der Waals surface area contributed by atoms with E-state index in [1.54, 1.807) is 12.1 Å². The lowest BCUT2D eigenvalue weighted by Crippen LogP contribution is -2.27. The maximum atomic E-state index is 14.8. The normalized spacial score (nSPS) is 19.1. The van der Waals surface area contributed by atoms with Crippen molar-refractivity contribution in [2.45, 2.75) is 58.2 Å². The molecule has 1 aliphatic heterocycles. The number of hydrogen-bond acceptors (Lipinski definition) is 3. The molecule has 0 spiro atoms. The lowest BCUT2D eigenvalue weighted by Gasteiger charge is -2.29. The van der Waals surface area contributed by atoms with Crippen LogP contribution in [-0.2, 0) is 9.47 Å². The Morgan fingerprint density at radius 1 is 0.967 bits per heavy atom. The summed E-state index contributed by atoms with van der Waals surface area (Å²) in [6.45, 7) is 5.35. The van der Waals surface area contributed by atoms with Gasteiger partial charge in [-0.3, -0.25) is 0 Å². The van der Waals surface area contributed by atoms with E-state index in [1.807, 2.05) is 13.8 Å². The van der Waals surface area contributed by atoms with Crippen molar-refractivity contribution in [3.05, 3.63) is 53.3 Å². The summed E-state index contributed by atoms with van der Waals surface area (Å²) in [4.78, 5) is 0. The third-order valence-electron chi connectivity index (χ3n) is 5.30. The SMILES string of the molecule is CCCCOc1ccc(-c2ccc(C3CCC(OCCC)OC3)c(F)c2)c(F)c1F. The van der Waals surface area contributed by atoms with E-state index in [0.29, 0.717) is 31.8 Å². The quantitative estimate of drug-likeness (QED) is 0.426. The Morgan fingerprint density at radius 3 is 2.47 bits per heavy atom. The van der Waals surface area contributed by atoms with Gasteiger partial charge in [-0.15, -0.1) is 0 Å². The minimum atomic E-state index is -1.05. The first kappa shape index (κ1) is 22.6. The fourth-order valence-corrected chi connectivity index (χ4v) is 3.57. The third kappa shape index (κ3) is 5.35. The van der Waals surface area contributed by atoms with E-state index in [4.69, 9.17) is 14.2 Å². The van der Waals surface area contributed by atoms with Gasteiger partial charge in [0.15, 0.2) is 17.9 Å². The number of halogens is 3. The molecule has 3 rings (SSSR count). The maximum Gasteiger partial charge on any atom is 0.201 e. The van der Waals surface area contributed by atoms with Gasteiger partial charge < -0.3 is 14.2 Å². The van der Waals surface area contributed by atoms with Crippen molar-refractivity contribution in [2.24, 2.45) is 0 Å². The monoisotopic (exact) mass is 422 g/mol. The molecule has 3 nitrogen and oxygen atoms in total. The van der Waals surface area contributed by atoms with Crippen molar-refractivity contribution >= 4 is 0 Å². The smallest absolute Gasteiger partial charge is 0.201 e. The van der Waals surface area contributed by atoms with Crippen LogP contribution in [0.5, 0.6) is 5.75 Å². The second-order valence-corrected chi connectivity index (χ2v) is 7.59. The zero-order chi connectivity index (χ0) is 21.5. The molecule has 1 fully saturated rings. The highest BCUT2D eigenvalue weighted by atomic mass is 19.2. The second kappa shape index (κ2) is 10.8. The van der Waals surface area contributed by atoms with Crippen LogP contribution in [-0.4, -0.2) is 26.1 Å². The van der Waals surface area contributed by atoms with E-state index in [9.17, 15) is 13.2 Å². The molecule has 1 heterocycles. The largest absolute Gasteiger partial charge is 0.490 e. The highest BCUT2D eigenvalue weighted by Crippen LogP contribution is 2.34. The van der Waals surface area contributed by atoms with Crippen molar-refractivity contribution < 1.29 is 27.4 Å². The zero-order valence-electron chi connectivity index (χ0n) is 17.6. The summed E-state index contributed by atoms with van der Waals surface area (Å²) in [5.41, 5.74) is 0.815. The molecule has 0 N–H and O–H groups in total. The minimum absolute atomic E-state index is 0.00807.